The highest BCUT2D eigenvalue weighted by molar-refractivity contribution is 7.89. The molecule has 1 aliphatic rings. The lowest BCUT2D eigenvalue weighted by Crippen LogP contribution is -2.50. The normalized spacial score (nSPS) is 15.3. The molecule has 0 bridgehead atoms. The Morgan fingerprint density at radius 3 is 2.14 bits per heavy atom. The summed E-state index contributed by atoms with van der Waals surface area (Å²) < 4.78 is 54.0. The molecule has 1 heterocycles. The molecule has 1 amide bonds. The Morgan fingerprint density at radius 1 is 1.03 bits per heavy atom. The van der Waals surface area contributed by atoms with Crippen molar-refractivity contribution in [1.29, 1.82) is 0 Å². The second-order valence-corrected chi connectivity index (χ2v) is 8.33. The lowest BCUT2D eigenvalue weighted by atomic mass is 10.1. The molecule has 11 heteroatoms. The summed E-state index contributed by atoms with van der Waals surface area (Å²) in [6.07, 6.45) is 0. The highest BCUT2D eigenvalue weighted by atomic mass is 32.2. The summed E-state index contributed by atoms with van der Waals surface area (Å²) >= 11 is 0. The molecule has 1 saturated heterocycles. The number of carbonyl (C=O) groups is 1. The third kappa shape index (κ3) is 3.83. The maximum Gasteiger partial charge on any atom is 0.273 e. The Hall–Kier alpha value is -2.92. The molecule has 1 fully saturated rings. The van der Waals surface area contributed by atoms with Gasteiger partial charge >= 0.3 is 0 Å². The zero-order chi connectivity index (χ0) is 21.3. The number of sulfonamides is 1. The van der Waals surface area contributed by atoms with E-state index in [1.807, 2.05) is 0 Å². The van der Waals surface area contributed by atoms with E-state index in [0.717, 1.165) is 22.5 Å². The Balaban J connectivity index is 1.78. The van der Waals surface area contributed by atoms with Crippen molar-refractivity contribution in [3.05, 3.63) is 69.3 Å². The van der Waals surface area contributed by atoms with Crippen LogP contribution in [0.4, 0.5) is 14.5 Å². The zero-order valence-corrected chi connectivity index (χ0v) is 16.2. The Kier molecular flexibility index (Phi) is 5.62. The first-order chi connectivity index (χ1) is 13.6. The predicted octanol–water partition coefficient (Wildman–Crippen LogP) is 2.33. The summed E-state index contributed by atoms with van der Waals surface area (Å²) in [5.41, 5.74) is 0.175. The summed E-state index contributed by atoms with van der Waals surface area (Å²) in [4.78, 5) is 23.6. The quantitative estimate of drug-likeness (QED) is 0.553. The van der Waals surface area contributed by atoms with Crippen molar-refractivity contribution < 1.29 is 26.9 Å². The van der Waals surface area contributed by atoms with E-state index in [-0.39, 0.29) is 43.0 Å². The number of nitro benzene ring substituents is 1. The van der Waals surface area contributed by atoms with Crippen LogP contribution in [-0.4, -0.2) is 54.6 Å². The lowest BCUT2D eigenvalue weighted by Gasteiger charge is -2.34. The van der Waals surface area contributed by atoms with Crippen molar-refractivity contribution in [2.45, 2.75) is 11.8 Å². The van der Waals surface area contributed by atoms with Crippen LogP contribution in [0.15, 0.2) is 41.3 Å². The van der Waals surface area contributed by atoms with Gasteiger partial charge in [0.15, 0.2) is 4.90 Å². The molecule has 154 valence electrons. The lowest BCUT2D eigenvalue weighted by molar-refractivity contribution is -0.385. The predicted molar refractivity (Wildman–Crippen MR) is 98.9 cm³/mol. The van der Waals surface area contributed by atoms with Gasteiger partial charge in [0.1, 0.15) is 11.6 Å². The van der Waals surface area contributed by atoms with Gasteiger partial charge in [-0.3, -0.25) is 14.9 Å². The Morgan fingerprint density at radius 2 is 1.59 bits per heavy atom. The van der Waals surface area contributed by atoms with Crippen LogP contribution in [-0.2, 0) is 10.0 Å². The molecule has 8 nitrogen and oxygen atoms in total. The Labute approximate surface area is 165 Å². The molecule has 2 aromatic carbocycles. The first kappa shape index (κ1) is 20.8. The molecule has 0 N–H and O–H groups in total. The van der Waals surface area contributed by atoms with E-state index in [1.165, 1.54) is 30.0 Å². The zero-order valence-electron chi connectivity index (χ0n) is 15.3. The largest absolute Gasteiger partial charge is 0.336 e. The maximum absolute atomic E-state index is 13.9. The van der Waals surface area contributed by atoms with Crippen LogP contribution in [0.3, 0.4) is 0 Å². The van der Waals surface area contributed by atoms with Crippen molar-refractivity contribution in [3.63, 3.8) is 0 Å². The number of carbonyl (C=O) groups excluding carboxylic acids is 1. The monoisotopic (exact) mass is 425 g/mol. The van der Waals surface area contributed by atoms with E-state index in [0.29, 0.717) is 0 Å². The van der Waals surface area contributed by atoms with Crippen molar-refractivity contribution >= 4 is 21.6 Å². The number of piperazine rings is 1. The molecule has 1 aliphatic heterocycles. The minimum absolute atomic E-state index is 0.0176. The van der Waals surface area contributed by atoms with Crippen molar-refractivity contribution in [1.82, 2.24) is 9.21 Å². The van der Waals surface area contributed by atoms with Crippen LogP contribution in [0, 0.1) is 28.7 Å². The number of hydrogen-bond donors (Lipinski definition) is 0. The number of halogens is 2. The number of rotatable bonds is 4. The topological polar surface area (TPSA) is 101 Å². The van der Waals surface area contributed by atoms with Crippen molar-refractivity contribution in [2.24, 2.45) is 0 Å². The maximum atomic E-state index is 13.9. The number of nitrogens with zero attached hydrogens (tertiary/aromatic N) is 3. The van der Waals surface area contributed by atoms with Crippen LogP contribution >= 0.6 is 0 Å². The van der Waals surface area contributed by atoms with Crippen molar-refractivity contribution in [3.8, 4) is 0 Å². The molecule has 0 spiro atoms. The van der Waals surface area contributed by atoms with Crippen LogP contribution < -0.4 is 0 Å². The van der Waals surface area contributed by atoms with Gasteiger partial charge < -0.3 is 4.90 Å². The van der Waals surface area contributed by atoms with E-state index < -0.39 is 37.4 Å². The fraction of sp³-hybridized carbons (Fsp3) is 0.278. The average Bonchev–Trinajstić information content (AvgIpc) is 2.67. The van der Waals surface area contributed by atoms with E-state index in [4.69, 9.17) is 0 Å². The smallest absolute Gasteiger partial charge is 0.273 e. The summed E-state index contributed by atoms with van der Waals surface area (Å²) in [5.74, 6) is -2.84. The van der Waals surface area contributed by atoms with Crippen LogP contribution in [0.5, 0.6) is 0 Å². The molecule has 0 unspecified atom stereocenters. The molecule has 2 aromatic rings. The molecule has 3 rings (SSSR count). The second-order valence-electron chi connectivity index (χ2n) is 6.45. The molecule has 0 aromatic heterocycles. The van der Waals surface area contributed by atoms with Gasteiger partial charge in [-0.1, -0.05) is 12.1 Å². The molecular formula is C18H17F2N3O5S. The molecule has 29 heavy (non-hydrogen) atoms. The Bertz CT molecular complexity index is 1060. The fourth-order valence-corrected chi connectivity index (χ4v) is 4.74. The van der Waals surface area contributed by atoms with Gasteiger partial charge in [-0.25, -0.2) is 17.2 Å². The van der Waals surface area contributed by atoms with Gasteiger partial charge in [-0.05, 0) is 25.1 Å². The SMILES string of the molecule is Cc1c(C(=O)N2CCN(S(=O)(=O)c3c(F)cccc3F)CC2)cccc1[N+](=O)[O-]. The number of benzene rings is 2. The highest BCUT2D eigenvalue weighted by Crippen LogP contribution is 2.25. The molecule has 0 saturated carbocycles. The highest BCUT2D eigenvalue weighted by Gasteiger charge is 2.34. The van der Waals surface area contributed by atoms with Gasteiger partial charge in [0.2, 0.25) is 10.0 Å². The number of nitro groups is 1. The molecule has 0 radical (unpaired) electrons. The minimum atomic E-state index is -4.41. The van der Waals surface area contributed by atoms with Crippen LogP contribution in [0.25, 0.3) is 0 Å². The second kappa shape index (κ2) is 7.84. The number of hydrogen-bond acceptors (Lipinski definition) is 5. The first-order valence-electron chi connectivity index (χ1n) is 8.62. The standard InChI is InChI=1S/C18H17F2N3O5S/c1-12-13(4-2-7-16(12)23(25)26)18(24)21-8-10-22(11-9-21)29(27,28)17-14(19)5-3-6-15(17)20/h2-7H,8-11H2,1H3. The van der Waals surface area contributed by atoms with Gasteiger partial charge in [-0.2, -0.15) is 4.31 Å². The number of amides is 1. The van der Waals surface area contributed by atoms with Crippen LogP contribution in [0.2, 0.25) is 0 Å². The molecular weight excluding hydrogens is 408 g/mol. The van der Waals surface area contributed by atoms with Gasteiger partial charge in [0.25, 0.3) is 11.6 Å². The van der Waals surface area contributed by atoms with Crippen molar-refractivity contribution in [2.75, 3.05) is 26.2 Å². The minimum Gasteiger partial charge on any atom is -0.336 e. The summed E-state index contributed by atoms with van der Waals surface area (Å²) in [6.45, 7) is 1.12. The van der Waals surface area contributed by atoms with E-state index >= 15 is 0 Å². The molecule has 0 aliphatic carbocycles. The van der Waals surface area contributed by atoms with Crippen LogP contribution in [0.1, 0.15) is 15.9 Å². The van der Waals surface area contributed by atoms with Gasteiger partial charge in [-0.15, -0.1) is 0 Å². The summed E-state index contributed by atoms with van der Waals surface area (Å²) in [7, 11) is -4.41. The average molecular weight is 425 g/mol. The third-order valence-electron chi connectivity index (χ3n) is 4.77. The third-order valence-corrected chi connectivity index (χ3v) is 6.73. The van der Waals surface area contributed by atoms with E-state index in [9.17, 15) is 32.1 Å². The van der Waals surface area contributed by atoms with Gasteiger partial charge in [0.05, 0.1) is 4.92 Å². The summed E-state index contributed by atoms with van der Waals surface area (Å²) in [6, 6.07) is 6.95. The fourth-order valence-electron chi connectivity index (χ4n) is 3.21. The molecule has 0 atom stereocenters. The van der Waals surface area contributed by atoms with E-state index in [2.05, 4.69) is 0 Å². The van der Waals surface area contributed by atoms with Gasteiger partial charge in [0, 0.05) is 43.4 Å². The van der Waals surface area contributed by atoms with E-state index in [1.54, 1.807) is 0 Å². The first-order valence-corrected chi connectivity index (χ1v) is 10.1. The summed E-state index contributed by atoms with van der Waals surface area (Å²) in [5, 5.41) is 11.1.